The van der Waals surface area contributed by atoms with Gasteiger partial charge in [0.1, 0.15) is 0 Å². The van der Waals surface area contributed by atoms with Crippen molar-refractivity contribution >= 4 is 10.2 Å². The van der Waals surface area contributed by atoms with Gasteiger partial charge in [-0.05, 0) is 19.8 Å². The summed E-state index contributed by atoms with van der Waals surface area (Å²) in [4.78, 5) is 0. The summed E-state index contributed by atoms with van der Waals surface area (Å²) < 4.78 is 28.2. The van der Waals surface area contributed by atoms with Crippen LogP contribution in [0.5, 0.6) is 0 Å². The van der Waals surface area contributed by atoms with Gasteiger partial charge in [-0.15, -0.1) is 0 Å². The van der Waals surface area contributed by atoms with Crippen molar-refractivity contribution < 1.29 is 8.42 Å². The van der Waals surface area contributed by atoms with Crippen LogP contribution in [-0.2, 0) is 10.2 Å². The molecule has 2 unspecified atom stereocenters. The van der Waals surface area contributed by atoms with Crippen LogP contribution in [0.2, 0.25) is 0 Å². The maximum absolute atomic E-state index is 12.5. The highest BCUT2D eigenvalue weighted by atomic mass is 32.2. The Labute approximate surface area is 105 Å². The molecule has 0 saturated carbocycles. The highest BCUT2D eigenvalue weighted by Gasteiger charge is 2.38. The molecule has 1 heterocycles. The van der Waals surface area contributed by atoms with Crippen LogP contribution in [0, 0.1) is 0 Å². The monoisotopic (exact) mass is 263 g/mol. The normalized spacial score (nSPS) is 27.6. The first kappa shape index (κ1) is 14.9. The number of nitrogens with two attached hydrogens (primary N) is 1. The Kier molecular flexibility index (Phi) is 5.37. The van der Waals surface area contributed by atoms with Crippen LogP contribution in [0.4, 0.5) is 0 Å². The van der Waals surface area contributed by atoms with Crippen LogP contribution in [0.1, 0.15) is 40.0 Å². The smallest absolute Gasteiger partial charge is 0.282 e. The Morgan fingerprint density at radius 2 is 1.88 bits per heavy atom. The average Bonchev–Trinajstić information content (AvgIpc) is 2.29. The zero-order valence-electron chi connectivity index (χ0n) is 11.1. The first-order valence-electron chi connectivity index (χ1n) is 6.47. The molecule has 0 aromatic rings. The molecule has 2 atom stereocenters. The van der Waals surface area contributed by atoms with Gasteiger partial charge in [0.15, 0.2) is 0 Å². The van der Waals surface area contributed by atoms with E-state index in [1.54, 1.807) is 4.31 Å². The molecule has 0 bridgehead atoms. The third-order valence-electron chi connectivity index (χ3n) is 3.52. The van der Waals surface area contributed by atoms with Crippen molar-refractivity contribution in [2.75, 3.05) is 19.6 Å². The Bertz CT molecular complexity index is 328. The molecule has 0 aliphatic carbocycles. The second-order valence-corrected chi connectivity index (χ2v) is 6.43. The second-order valence-electron chi connectivity index (χ2n) is 4.59. The van der Waals surface area contributed by atoms with E-state index in [0.717, 1.165) is 19.3 Å². The van der Waals surface area contributed by atoms with Gasteiger partial charge < -0.3 is 5.73 Å². The summed E-state index contributed by atoms with van der Waals surface area (Å²) in [6.45, 7) is 7.15. The van der Waals surface area contributed by atoms with Gasteiger partial charge in [-0.2, -0.15) is 17.0 Å². The van der Waals surface area contributed by atoms with E-state index in [4.69, 9.17) is 5.73 Å². The largest absolute Gasteiger partial charge is 0.329 e. The minimum Gasteiger partial charge on any atom is -0.329 e. The van der Waals surface area contributed by atoms with Gasteiger partial charge >= 0.3 is 0 Å². The van der Waals surface area contributed by atoms with Gasteiger partial charge in [-0.1, -0.05) is 20.3 Å². The van der Waals surface area contributed by atoms with Crippen molar-refractivity contribution in [3.8, 4) is 0 Å². The molecule has 1 aliphatic heterocycles. The molecule has 0 aromatic carbocycles. The zero-order chi connectivity index (χ0) is 13.1. The van der Waals surface area contributed by atoms with Crippen molar-refractivity contribution in [1.29, 1.82) is 0 Å². The fourth-order valence-electron chi connectivity index (χ4n) is 2.58. The van der Waals surface area contributed by atoms with Gasteiger partial charge in [0.05, 0.1) is 0 Å². The third-order valence-corrected chi connectivity index (χ3v) is 5.88. The Hall–Kier alpha value is -0.170. The van der Waals surface area contributed by atoms with E-state index >= 15 is 0 Å². The van der Waals surface area contributed by atoms with Crippen LogP contribution in [0.15, 0.2) is 0 Å². The third kappa shape index (κ3) is 2.99. The Morgan fingerprint density at radius 1 is 1.29 bits per heavy atom. The SMILES string of the molecule is CCN(CC)S(=O)(=O)N1C(C)CCCC1CN. The lowest BCUT2D eigenvalue weighted by Crippen LogP contribution is -2.56. The van der Waals surface area contributed by atoms with Crippen molar-refractivity contribution in [3.05, 3.63) is 0 Å². The van der Waals surface area contributed by atoms with Crippen molar-refractivity contribution in [2.24, 2.45) is 5.73 Å². The summed E-state index contributed by atoms with van der Waals surface area (Å²) in [6, 6.07) is 0.0206. The molecule has 6 heteroatoms. The van der Waals surface area contributed by atoms with Crippen LogP contribution in [0.25, 0.3) is 0 Å². The summed E-state index contributed by atoms with van der Waals surface area (Å²) in [5, 5.41) is 0. The Balaban J connectivity index is 3.00. The summed E-state index contributed by atoms with van der Waals surface area (Å²) in [5.74, 6) is 0. The fraction of sp³-hybridized carbons (Fsp3) is 1.00. The highest BCUT2D eigenvalue weighted by Crippen LogP contribution is 2.27. The number of hydrogen-bond donors (Lipinski definition) is 1. The molecule has 1 fully saturated rings. The van der Waals surface area contributed by atoms with Crippen LogP contribution < -0.4 is 5.73 Å². The molecule has 1 rings (SSSR count). The standard InChI is InChI=1S/C11H25N3O2S/c1-4-13(5-2)17(15,16)14-10(3)7-6-8-11(14)9-12/h10-11H,4-9,12H2,1-3H3. The second kappa shape index (κ2) is 6.13. The number of hydrogen-bond acceptors (Lipinski definition) is 3. The maximum Gasteiger partial charge on any atom is 0.282 e. The van der Waals surface area contributed by atoms with Crippen molar-refractivity contribution in [3.63, 3.8) is 0 Å². The minimum absolute atomic E-state index is 0.0376. The quantitative estimate of drug-likeness (QED) is 0.797. The number of piperidine rings is 1. The average molecular weight is 263 g/mol. The molecule has 17 heavy (non-hydrogen) atoms. The first-order chi connectivity index (χ1) is 7.98. The summed E-state index contributed by atoms with van der Waals surface area (Å²) in [7, 11) is -3.35. The molecule has 1 saturated heterocycles. The topological polar surface area (TPSA) is 66.6 Å². The first-order valence-corrected chi connectivity index (χ1v) is 7.87. The predicted molar refractivity (Wildman–Crippen MR) is 69.8 cm³/mol. The molecule has 102 valence electrons. The molecule has 0 spiro atoms. The predicted octanol–water partition coefficient (Wildman–Crippen LogP) is 0.775. The lowest BCUT2D eigenvalue weighted by Gasteiger charge is -2.41. The lowest BCUT2D eigenvalue weighted by molar-refractivity contribution is 0.182. The number of nitrogens with zero attached hydrogens (tertiary/aromatic N) is 2. The summed E-state index contributed by atoms with van der Waals surface area (Å²) in [5.41, 5.74) is 5.71. The van der Waals surface area contributed by atoms with E-state index in [1.807, 2.05) is 20.8 Å². The lowest BCUT2D eigenvalue weighted by atomic mass is 10.00. The van der Waals surface area contributed by atoms with Gasteiger partial charge in [0.2, 0.25) is 0 Å². The van der Waals surface area contributed by atoms with Gasteiger partial charge in [-0.3, -0.25) is 0 Å². The van der Waals surface area contributed by atoms with Crippen LogP contribution in [0.3, 0.4) is 0 Å². The molecular weight excluding hydrogens is 238 g/mol. The van der Waals surface area contributed by atoms with E-state index in [1.165, 1.54) is 4.31 Å². The molecular formula is C11H25N3O2S. The molecule has 0 radical (unpaired) electrons. The van der Waals surface area contributed by atoms with E-state index < -0.39 is 10.2 Å². The van der Waals surface area contributed by atoms with E-state index in [9.17, 15) is 8.42 Å². The van der Waals surface area contributed by atoms with Crippen LogP contribution >= 0.6 is 0 Å². The summed E-state index contributed by atoms with van der Waals surface area (Å²) in [6.07, 6.45) is 2.87. The van der Waals surface area contributed by atoms with E-state index in [-0.39, 0.29) is 12.1 Å². The zero-order valence-corrected chi connectivity index (χ0v) is 11.9. The minimum atomic E-state index is -3.35. The number of rotatable bonds is 5. The van der Waals surface area contributed by atoms with Gasteiger partial charge in [0.25, 0.3) is 10.2 Å². The molecule has 2 N–H and O–H groups in total. The van der Waals surface area contributed by atoms with Crippen molar-refractivity contribution in [2.45, 2.75) is 52.1 Å². The maximum atomic E-state index is 12.5. The fourth-order valence-corrected chi connectivity index (χ4v) is 4.63. The van der Waals surface area contributed by atoms with Gasteiger partial charge in [0, 0.05) is 31.7 Å². The molecule has 1 aliphatic rings. The molecule has 0 amide bonds. The van der Waals surface area contributed by atoms with Crippen molar-refractivity contribution in [1.82, 2.24) is 8.61 Å². The highest BCUT2D eigenvalue weighted by molar-refractivity contribution is 7.86. The van der Waals surface area contributed by atoms with E-state index in [0.29, 0.717) is 19.6 Å². The Morgan fingerprint density at radius 3 is 2.35 bits per heavy atom. The summed E-state index contributed by atoms with van der Waals surface area (Å²) >= 11 is 0. The molecule has 0 aromatic heterocycles. The van der Waals surface area contributed by atoms with Gasteiger partial charge in [-0.25, -0.2) is 0 Å². The van der Waals surface area contributed by atoms with Crippen LogP contribution in [-0.4, -0.2) is 48.7 Å². The molecule has 5 nitrogen and oxygen atoms in total. The van der Waals surface area contributed by atoms with E-state index in [2.05, 4.69) is 0 Å².